The van der Waals surface area contributed by atoms with Crippen molar-refractivity contribution in [3.8, 4) is 0 Å². The van der Waals surface area contributed by atoms with Gasteiger partial charge in [-0.2, -0.15) is 0 Å². The van der Waals surface area contributed by atoms with Gasteiger partial charge in [0.2, 0.25) is 0 Å². The third-order valence-electron chi connectivity index (χ3n) is 3.04. The van der Waals surface area contributed by atoms with E-state index in [0.717, 1.165) is 18.7 Å². The largest absolute Gasteiger partial charge is 0.367 e. The molecule has 86 valence electrons. The van der Waals surface area contributed by atoms with E-state index in [9.17, 15) is 0 Å². The first kappa shape index (κ1) is 11.5. The first-order valence-corrected chi connectivity index (χ1v) is 6.29. The van der Waals surface area contributed by atoms with E-state index in [0.29, 0.717) is 11.8 Å². The van der Waals surface area contributed by atoms with Gasteiger partial charge in [-0.15, -0.1) is 11.6 Å². The number of nitrogens with zero attached hydrogens (tertiary/aromatic N) is 1. The number of halogens is 1. The molecule has 0 aromatic heterocycles. The topological polar surface area (TPSA) is 3.24 Å². The second kappa shape index (κ2) is 4.92. The minimum absolute atomic E-state index is 0.549. The fourth-order valence-corrected chi connectivity index (χ4v) is 2.45. The summed E-state index contributed by atoms with van der Waals surface area (Å²) in [6.07, 6.45) is 1.18. The maximum Gasteiger partial charge on any atom is 0.0448 e. The lowest BCUT2D eigenvalue weighted by atomic mass is 9.93. The van der Waals surface area contributed by atoms with Crippen LogP contribution >= 0.6 is 11.6 Å². The number of rotatable bonds is 3. The van der Waals surface area contributed by atoms with Crippen LogP contribution in [0.3, 0.4) is 0 Å². The van der Waals surface area contributed by atoms with E-state index < -0.39 is 0 Å². The van der Waals surface area contributed by atoms with Crippen LogP contribution in [0.5, 0.6) is 0 Å². The third-order valence-corrected chi connectivity index (χ3v) is 3.41. The van der Waals surface area contributed by atoms with E-state index in [4.69, 9.17) is 11.6 Å². The minimum atomic E-state index is 0.549. The molecule has 1 nitrogen and oxygen atoms in total. The van der Waals surface area contributed by atoms with Gasteiger partial charge in [-0.05, 0) is 29.5 Å². The van der Waals surface area contributed by atoms with Crippen molar-refractivity contribution in [2.45, 2.75) is 13.3 Å². The monoisotopic (exact) mass is 235 g/mol. The summed E-state index contributed by atoms with van der Waals surface area (Å²) in [5, 5.41) is 0. The Morgan fingerprint density at radius 3 is 3.00 bits per heavy atom. The Bertz CT molecular complexity index is 386. The van der Waals surface area contributed by atoms with E-state index in [-0.39, 0.29) is 0 Å². The number of hydrogen-bond acceptors (Lipinski definition) is 1. The Labute approximate surface area is 103 Å². The summed E-state index contributed by atoms with van der Waals surface area (Å²) in [4.78, 5) is 2.40. The van der Waals surface area contributed by atoms with Gasteiger partial charge in [-0.3, -0.25) is 0 Å². The Balaban J connectivity index is 2.23. The zero-order valence-electron chi connectivity index (χ0n) is 9.75. The van der Waals surface area contributed by atoms with Crippen molar-refractivity contribution in [2.75, 3.05) is 23.9 Å². The van der Waals surface area contributed by atoms with Crippen LogP contribution in [0, 0.1) is 5.92 Å². The molecule has 1 aliphatic rings. The fraction of sp³-hybridized carbons (Fsp3) is 0.429. The minimum Gasteiger partial charge on any atom is -0.367 e. The van der Waals surface area contributed by atoms with E-state index in [2.05, 4.69) is 42.7 Å². The summed E-state index contributed by atoms with van der Waals surface area (Å²) >= 11 is 5.81. The zero-order chi connectivity index (χ0) is 11.5. The molecule has 1 aliphatic heterocycles. The molecule has 0 fully saturated rings. The Morgan fingerprint density at radius 1 is 1.50 bits per heavy atom. The lowest BCUT2D eigenvalue weighted by Gasteiger charge is -2.35. The Kier molecular flexibility index (Phi) is 3.55. The molecular formula is C14H18ClN. The number of benzene rings is 1. The molecule has 0 aliphatic carbocycles. The molecule has 0 amide bonds. The second-order valence-corrected chi connectivity index (χ2v) is 4.97. The fourth-order valence-electron chi connectivity index (χ4n) is 2.37. The number of hydrogen-bond donors (Lipinski definition) is 0. The van der Waals surface area contributed by atoms with Gasteiger partial charge >= 0.3 is 0 Å². The molecule has 0 bridgehead atoms. The number of fused-ring (bicyclic) bond motifs is 1. The molecule has 0 N–H and O–H groups in total. The molecule has 1 atom stereocenters. The van der Waals surface area contributed by atoms with Crippen molar-refractivity contribution in [2.24, 2.45) is 5.92 Å². The summed E-state index contributed by atoms with van der Waals surface area (Å²) in [6.45, 7) is 8.27. The molecule has 0 radical (unpaired) electrons. The number of anilines is 1. The van der Waals surface area contributed by atoms with E-state index in [1.165, 1.54) is 17.7 Å². The Hall–Kier alpha value is -0.950. The first-order chi connectivity index (χ1) is 7.70. The second-order valence-electron chi connectivity index (χ2n) is 4.70. The molecule has 1 aromatic rings. The lowest BCUT2D eigenvalue weighted by molar-refractivity contribution is 0.540. The van der Waals surface area contributed by atoms with Crippen molar-refractivity contribution < 1.29 is 0 Å². The van der Waals surface area contributed by atoms with Gasteiger partial charge in [0.25, 0.3) is 0 Å². The van der Waals surface area contributed by atoms with Crippen LogP contribution < -0.4 is 4.90 Å². The van der Waals surface area contributed by atoms with Crippen LogP contribution in [0.2, 0.25) is 0 Å². The predicted molar refractivity (Wildman–Crippen MR) is 71.4 cm³/mol. The first-order valence-electron chi connectivity index (χ1n) is 5.76. The smallest absolute Gasteiger partial charge is 0.0448 e. The van der Waals surface area contributed by atoms with Gasteiger partial charge in [-0.1, -0.05) is 31.7 Å². The zero-order valence-corrected chi connectivity index (χ0v) is 10.5. The highest BCUT2D eigenvalue weighted by molar-refractivity contribution is 6.19. The Morgan fingerprint density at radius 2 is 2.25 bits per heavy atom. The summed E-state index contributed by atoms with van der Waals surface area (Å²) < 4.78 is 0. The quantitative estimate of drug-likeness (QED) is 0.573. The molecule has 1 unspecified atom stereocenters. The van der Waals surface area contributed by atoms with Crippen LogP contribution in [0.15, 0.2) is 36.4 Å². The SMILES string of the molecule is C=C(CCl)CN1CC(C)Cc2ccccc21. The van der Waals surface area contributed by atoms with Crippen molar-refractivity contribution in [1.82, 2.24) is 0 Å². The molecule has 2 rings (SSSR count). The third kappa shape index (κ3) is 2.41. The normalized spacial score (nSPS) is 19.4. The summed E-state index contributed by atoms with van der Waals surface area (Å²) in [5.41, 5.74) is 3.89. The van der Waals surface area contributed by atoms with Crippen molar-refractivity contribution in [1.29, 1.82) is 0 Å². The van der Waals surface area contributed by atoms with E-state index >= 15 is 0 Å². The summed E-state index contributed by atoms with van der Waals surface area (Å²) in [7, 11) is 0. The van der Waals surface area contributed by atoms with Gasteiger partial charge in [0.15, 0.2) is 0 Å². The molecule has 16 heavy (non-hydrogen) atoms. The van der Waals surface area contributed by atoms with Crippen LogP contribution in [-0.4, -0.2) is 19.0 Å². The maximum atomic E-state index is 5.81. The van der Waals surface area contributed by atoms with Gasteiger partial charge in [-0.25, -0.2) is 0 Å². The lowest BCUT2D eigenvalue weighted by Crippen LogP contribution is -2.35. The van der Waals surface area contributed by atoms with Crippen molar-refractivity contribution >= 4 is 17.3 Å². The van der Waals surface area contributed by atoms with Gasteiger partial charge in [0.1, 0.15) is 0 Å². The highest BCUT2D eigenvalue weighted by Gasteiger charge is 2.21. The number of alkyl halides is 1. The molecule has 0 saturated heterocycles. The van der Waals surface area contributed by atoms with Crippen molar-refractivity contribution in [3.05, 3.63) is 42.0 Å². The average molecular weight is 236 g/mol. The molecule has 0 saturated carbocycles. The van der Waals surface area contributed by atoms with Crippen molar-refractivity contribution in [3.63, 3.8) is 0 Å². The van der Waals surface area contributed by atoms with E-state index in [1.54, 1.807) is 0 Å². The van der Waals surface area contributed by atoms with Crippen LogP contribution in [-0.2, 0) is 6.42 Å². The van der Waals surface area contributed by atoms with Crippen LogP contribution in [0.1, 0.15) is 12.5 Å². The molecule has 0 spiro atoms. The standard InChI is InChI=1S/C14H18ClN/c1-11-7-13-5-3-4-6-14(13)16(9-11)10-12(2)8-15/h3-6,11H,2,7-10H2,1H3. The number of para-hydroxylation sites is 1. The highest BCUT2D eigenvalue weighted by atomic mass is 35.5. The van der Waals surface area contributed by atoms with Crippen LogP contribution in [0.25, 0.3) is 0 Å². The molecular weight excluding hydrogens is 218 g/mol. The average Bonchev–Trinajstić information content (AvgIpc) is 2.28. The molecule has 1 aromatic carbocycles. The van der Waals surface area contributed by atoms with E-state index in [1.807, 2.05) is 0 Å². The summed E-state index contributed by atoms with van der Waals surface area (Å²) in [5.74, 6) is 1.26. The van der Waals surface area contributed by atoms with Gasteiger partial charge < -0.3 is 4.90 Å². The summed E-state index contributed by atoms with van der Waals surface area (Å²) in [6, 6.07) is 8.64. The predicted octanol–water partition coefficient (Wildman–Crippen LogP) is 3.48. The van der Waals surface area contributed by atoms with Crippen LogP contribution in [0.4, 0.5) is 5.69 Å². The van der Waals surface area contributed by atoms with Gasteiger partial charge in [0.05, 0.1) is 0 Å². The molecule has 1 heterocycles. The molecule has 2 heteroatoms. The highest BCUT2D eigenvalue weighted by Crippen LogP contribution is 2.29. The van der Waals surface area contributed by atoms with Gasteiger partial charge in [0, 0.05) is 24.7 Å². The maximum absolute atomic E-state index is 5.81.